The number of fused-ring (bicyclic) bond motifs is 1. The Bertz CT molecular complexity index is 1080. The minimum Gasteiger partial charge on any atom is -0.497 e. The van der Waals surface area contributed by atoms with E-state index in [1.807, 2.05) is 41.7 Å². The van der Waals surface area contributed by atoms with Crippen LogP contribution in [0.4, 0.5) is 17.3 Å². The highest BCUT2D eigenvalue weighted by Crippen LogP contribution is 2.28. The highest BCUT2D eigenvalue weighted by Gasteiger charge is 2.23. The molecule has 30 heavy (non-hydrogen) atoms. The van der Waals surface area contributed by atoms with Crippen molar-refractivity contribution in [1.82, 2.24) is 24.9 Å². The Morgan fingerprint density at radius 3 is 2.80 bits per heavy atom. The van der Waals surface area contributed by atoms with Crippen LogP contribution in [0, 0.1) is 0 Å². The predicted molar refractivity (Wildman–Crippen MR) is 124 cm³/mol. The molecule has 0 unspecified atom stereocenters. The van der Waals surface area contributed by atoms with Gasteiger partial charge in [-0.3, -0.25) is 4.79 Å². The molecular weight excluding hydrogens is 379 g/mol. The van der Waals surface area contributed by atoms with Gasteiger partial charge in [-0.25, -0.2) is 9.97 Å². The van der Waals surface area contributed by atoms with Gasteiger partial charge in [0.2, 0.25) is 5.88 Å². The molecule has 1 aliphatic carbocycles. The maximum Gasteiger partial charge on any atom is 0.256 e. The summed E-state index contributed by atoms with van der Waals surface area (Å²) in [5.41, 5.74) is 1.61. The van der Waals surface area contributed by atoms with Crippen LogP contribution >= 0.6 is 0 Å². The molecule has 152 valence electrons. The molecule has 0 atom stereocenters. The Morgan fingerprint density at radius 2 is 2.13 bits per heavy atom. The van der Waals surface area contributed by atoms with Crippen molar-refractivity contribution >= 4 is 52.4 Å². The molecule has 0 saturated heterocycles. The number of hydrogen-bond donors (Lipinski definition) is 3. The van der Waals surface area contributed by atoms with E-state index in [0.29, 0.717) is 34.4 Å². The summed E-state index contributed by atoms with van der Waals surface area (Å²) in [5, 5.41) is 13.4. The Hall–Kier alpha value is -3.17. The Labute approximate surface area is 177 Å². The van der Waals surface area contributed by atoms with Crippen LogP contribution in [0.5, 0.6) is 5.88 Å². The second-order valence-corrected chi connectivity index (χ2v) is 8.37. The number of ether oxygens (including phenoxy) is 1. The number of hydrogen-bond acceptors (Lipinski definition) is 7. The van der Waals surface area contributed by atoms with E-state index in [0.717, 1.165) is 19.3 Å². The summed E-state index contributed by atoms with van der Waals surface area (Å²) in [6, 6.07) is 5.76. The summed E-state index contributed by atoms with van der Waals surface area (Å²) < 4.78 is 7.58. The Morgan fingerprint density at radius 1 is 1.33 bits per heavy atom. The molecule has 9 nitrogen and oxygen atoms in total. The number of rotatable bonds is 7. The zero-order chi connectivity index (χ0) is 21.3. The van der Waals surface area contributed by atoms with Gasteiger partial charge in [-0.15, -0.1) is 0 Å². The lowest BCUT2D eigenvalue weighted by molar-refractivity contribution is 0.0918. The van der Waals surface area contributed by atoms with E-state index in [4.69, 9.17) is 4.74 Å². The lowest BCUT2D eigenvalue weighted by Crippen LogP contribution is -2.39. The third-order valence-corrected chi connectivity index (χ3v) is 4.85. The molecule has 3 aromatic heterocycles. The first-order valence-corrected chi connectivity index (χ1v) is 10.1. The van der Waals surface area contributed by atoms with Gasteiger partial charge in [-0.1, -0.05) is 0 Å². The molecule has 12 heteroatoms. The van der Waals surface area contributed by atoms with E-state index in [9.17, 15) is 4.79 Å². The number of amides is 1. The smallest absolute Gasteiger partial charge is 0.256 e. The first-order chi connectivity index (χ1) is 14.3. The van der Waals surface area contributed by atoms with E-state index < -0.39 is 5.30 Å². The van der Waals surface area contributed by atoms with E-state index in [1.54, 1.807) is 24.0 Å². The summed E-state index contributed by atoms with van der Waals surface area (Å²) in [4.78, 5) is 21.7. The predicted octanol–water partition coefficient (Wildman–Crippen LogP) is -0.919. The zero-order valence-corrected chi connectivity index (χ0v) is 17.7. The topological polar surface area (TPSA) is 105 Å². The molecule has 0 aromatic carbocycles. The van der Waals surface area contributed by atoms with Gasteiger partial charge < -0.3 is 20.7 Å². The zero-order valence-electron chi connectivity index (χ0n) is 17.7. The molecular formula is C18H24B3N7O2. The van der Waals surface area contributed by atoms with Crippen molar-refractivity contribution in [3.05, 3.63) is 36.2 Å². The molecule has 4 rings (SSSR count). The van der Waals surface area contributed by atoms with Crippen LogP contribution in [-0.4, -0.2) is 67.4 Å². The van der Waals surface area contributed by atoms with Gasteiger partial charge in [0.05, 0.1) is 6.20 Å². The van der Waals surface area contributed by atoms with Crippen LogP contribution < -0.4 is 20.7 Å². The average molecular weight is 403 g/mol. The number of carbonyl (C=O) groups is 1. The van der Waals surface area contributed by atoms with Crippen LogP contribution in [0.3, 0.4) is 0 Å². The fraction of sp³-hybridized carbons (Fsp3) is 0.333. The molecule has 1 amide bonds. The molecule has 0 aliphatic heterocycles. The lowest BCUT2D eigenvalue weighted by Gasteiger charge is -2.26. The van der Waals surface area contributed by atoms with Crippen molar-refractivity contribution in [3.8, 4) is 5.88 Å². The van der Waals surface area contributed by atoms with E-state index in [2.05, 4.69) is 31.0 Å². The van der Waals surface area contributed by atoms with Crippen LogP contribution in [0.25, 0.3) is 5.65 Å². The highest BCUT2D eigenvalue weighted by atomic mass is 16.5. The second-order valence-electron chi connectivity index (χ2n) is 8.37. The average Bonchev–Trinajstić information content (AvgIpc) is 3.08. The van der Waals surface area contributed by atoms with Crippen LogP contribution in [0.2, 0.25) is 0 Å². The van der Waals surface area contributed by atoms with Crippen LogP contribution in [-0.2, 0) is 0 Å². The highest BCUT2D eigenvalue weighted by molar-refractivity contribution is 6.58. The van der Waals surface area contributed by atoms with Gasteiger partial charge in [-0.2, -0.15) is 9.61 Å². The normalized spacial score (nSPS) is 14.2. The number of nitrogens with one attached hydrogen (secondary N) is 3. The summed E-state index contributed by atoms with van der Waals surface area (Å²) in [7, 11) is 7.70. The number of pyridine rings is 1. The van der Waals surface area contributed by atoms with Gasteiger partial charge in [0.25, 0.3) is 5.91 Å². The van der Waals surface area contributed by atoms with Crippen molar-refractivity contribution in [2.24, 2.45) is 0 Å². The third kappa shape index (κ3) is 4.22. The van der Waals surface area contributed by atoms with Crippen molar-refractivity contribution in [2.75, 3.05) is 17.7 Å². The van der Waals surface area contributed by atoms with E-state index in [-0.39, 0.29) is 11.9 Å². The monoisotopic (exact) mass is 403 g/mol. The Balaban J connectivity index is 1.68. The molecule has 1 fully saturated rings. The van der Waals surface area contributed by atoms with Crippen molar-refractivity contribution < 1.29 is 9.53 Å². The summed E-state index contributed by atoms with van der Waals surface area (Å²) in [5.74, 6) is 1.58. The first-order valence-electron chi connectivity index (χ1n) is 10.1. The lowest BCUT2D eigenvalue weighted by atomic mass is 9.52. The largest absolute Gasteiger partial charge is 0.497 e. The Kier molecular flexibility index (Phi) is 5.32. The second kappa shape index (κ2) is 7.93. The summed E-state index contributed by atoms with van der Waals surface area (Å²) in [6.07, 6.45) is 6.43. The number of aromatic nitrogens is 4. The van der Waals surface area contributed by atoms with Gasteiger partial charge in [0, 0.05) is 30.7 Å². The number of nitrogens with zero attached hydrogens (tertiary/aromatic N) is 4. The van der Waals surface area contributed by atoms with Crippen LogP contribution in [0.1, 0.15) is 29.6 Å². The quantitative estimate of drug-likeness (QED) is 0.439. The minimum atomic E-state index is -0.392. The molecule has 1 saturated carbocycles. The van der Waals surface area contributed by atoms with Crippen LogP contribution in [0.15, 0.2) is 30.6 Å². The van der Waals surface area contributed by atoms with Crippen molar-refractivity contribution in [1.29, 1.82) is 0 Å². The van der Waals surface area contributed by atoms with Gasteiger partial charge >= 0.3 is 0 Å². The molecule has 3 aromatic rings. The molecule has 3 heterocycles. The molecule has 1 aliphatic rings. The molecule has 0 spiro atoms. The van der Waals surface area contributed by atoms with E-state index in [1.165, 1.54) is 0 Å². The number of carbonyl (C=O) groups excluding carboxylic acids is 1. The maximum absolute atomic E-state index is 12.7. The van der Waals surface area contributed by atoms with E-state index >= 15 is 0 Å². The SMILES string of the molecule is BC(B)(B)Oc1ncccc1Nc1cc(NC)n2ncc(C(=O)NC3CCC3)c2n1. The minimum absolute atomic E-state index is 0.153. The van der Waals surface area contributed by atoms with Gasteiger partial charge in [0.1, 0.15) is 46.4 Å². The summed E-state index contributed by atoms with van der Waals surface area (Å²) in [6.45, 7) is 0. The maximum atomic E-state index is 12.7. The van der Waals surface area contributed by atoms with Crippen molar-refractivity contribution in [2.45, 2.75) is 30.6 Å². The summed E-state index contributed by atoms with van der Waals surface area (Å²) >= 11 is 0. The standard InChI is InChI=1S/C18H24B3N7O2/c1-22-14-8-13(26-12-6-3-7-23-17(12)30-18(19,20)21)27-15-11(9-24-28(14)15)16(29)25-10-4-2-5-10/h3,6-10,22H,2,4-5,19-21H2,1H3,(H,25,29)(H,26,27). The first kappa shape index (κ1) is 20.1. The van der Waals surface area contributed by atoms with Crippen molar-refractivity contribution in [3.63, 3.8) is 0 Å². The molecule has 3 N–H and O–H groups in total. The third-order valence-electron chi connectivity index (χ3n) is 4.85. The fourth-order valence-corrected chi connectivity index (χ4v) is 3.18. The molecule has 0 radical (unpaired) electrons. The fourth-order valence-electron chi connectivity index (χ4n) is 3.18. The molecule has 0 bridgehead atoms. The van der Waals surface area contributed by atoms with Gasteiger partial charge in [-0.05, 0) is 31.4 Å². The van der Waals surface area contributed by atoms with Gasteiger partial charge in [0.15, 0.2) is 5.65 Å². The number of anilines is 3.